The highest BCUT2D eigenvalue weighted by molar-refractivity contribution is 9.10. The number of benzene rings is 1. The smallest absolute Gasteiger partial charge is 0.321 e. The van der Waals surface area contributed by atoms with Gasteiger partial charge in [-0.3, -0.25) is 9.89 Å². The second-order valence-electron chi connectivity index (χ2n) is 4.02. The van der Waals surface area contributed by atoms with Crippen molar-refractivity contribution in [3.05, 3.63) is 46.0 Å². The van der Waals surface area contributed by atoms with Gasteiger partial charge in [0.1, 0.15) is 11.7 Å². The summed E-state index contributed by atoms with van der Waals surface area (Å²) in [5.74, 6) is 0.135. The van der Waals surface area contributed by atoms with Gasteiger partial charge in [-0.05, 0) is 31.5 Å². The SMILES string of the molecule is CCOC(=O)C(c1cccc(Br)c1)c1n[nH]c(C)n1. The lowest BCUT2D eigenvalue weighted by molar-refractivity contribution is -0.144. The van der Waals surface area contributed by atoms with Crippen molar-refractivity contribution in [1.82, 2.24) is 15.2 Å². The summed E-state index contributed by atoms with van der Waals surface area (Å²) in [5, 5.41) is 6.82. The molecule has 1 unspecified atom stereocenters. The lowest BCUT2D eigenvalue weighted by atomic mass is 9.98. The molecular formula is C13H14BrN3O2. The van der Waals surface area contributed by atoms with E-state index >= 15 is 0 Å². The minimum atomic E-state index is -0.609. The fraction of sp³-hybridized carbons (Fsp3) is 0.308. The van der Waals surface area contributed by atoms with E-state index in [-0.39, 0.29) is 5.97 Å². The Balaban J connectivity index is 2.42. The number of carbonyl (C=O) groups excluding carboxylic acids is 1. The van der Waals surface area contributed by atoms with Crippen molar-refractivity contribution in [2.24, 2.45) is 0 Å². The Morgan fingerprint density at radius 2 is 2.32 bits per heavy atom. The molecule has 0 amide bonds. The summed E-state index contributed by atoms with van der Waals surface area (Å²) in [4.78, 5) is 16.4. The van der Waals surface area contributed by atoms with Crippen molar-refractivity contribution in [1.29, 1.82) is 0 Å². The lowest BCUT2D eigenvalue weighted by Gasteiger charge is -2.13. The van der Waals surface area contributed by atoms with Gasteiger partial charge in [0.15, 0.2) is 5.82 Å². The fourth-order valence-corrected chi connectivity index (χ4v) is 2.21. The maximum absolute atomic E-state index is 12.1. The van der Waals surface area contributed by atoms with Crippen molar-refractivity contribution in [2.45, 2.75) is 19.8 Å². The van der Waals surface area contributed by atoms with Crippen LogP contribution in [0, 0.1) is 6.92 Å². The molecule has 2 aromatic rings. The number of carbonyl (C=O) groups is 1. The van der Waals surface area contributed by atoms with Crippen LogP contribution in [0.4, 0.5) is 0 Å². The number of hydrogen-bond acceptors (Lipinski definition) is 4. The number of aromatic nitrogens is 3. The Bertz CT molecular complexity index is 583. The van der Waals surface area contributed by atoms with E-state index in [9.17, 15) is 4.79 Å². The van der Waals surface area contributed by atoms with Gasteiger partial charge in [0.2, 0.25) is 0 Å². The van der Waals surface area contributed by atoms with Gasteiger partial charge in [0, 0.05) is 4.47 Å². The number of hydrogen-bond donors (Lipinski definition) is 1. The molecule has 0 saturated carbocycles. The van der Waals surface area contributed by atoms with E-state index in [0.717, 1.165) is 10.0 Å². The highest BCUT2D eigenvalue weighted by Crippen LogP contribution is 2.25. The first-order chi connectivity index (χ1) is 9.11. The number of halogens is 1. The monoisotopic (exact) mass is 323 g/mol. The second kappa shape index (κ2) is 5.97. The van der Waals surface area contributed by atoms with Gasteiger partial charge in [-0.15, -0.1) is 0 Å². The van der Waals surface area contributed by atoms with Gasteiger partial charge >= 0.3 is 5.97 Å². The molecule has 19 heavy (non-hydrogen) atoms. The zero-order valence-electron chi connectivity index (χ0n) is 10.7. The molecule has 0 aliphatic carbocycles. The molecule has 0 aliphatic heterocycles. The molecule has 0 spiro atoms. The molecule has 0 radical (unpaired) electrons. The van der Waals surface area contributed by atoms with Crippen molar-refractivity contribution in [3.63, 3.8) is 0 Å². The first-order valence-corrected chi connectivity index (χ1v) is 6.72. The minimum absolute atomic E-state index is 0.326. The van der Waals surface area contributed by atoms with E-state index in [2.05, 4.69) is 31.1 Å². The molecule has 5 nitrogen and oxygen atoms in total. The minimum Gasteiger partial charge on any atom is -0.465 e. The Morgan fingerprint density at radius 3 is 2.89 bits per heavy atom. The fourth-order valence-electron chi connectivity index (χ4n) is 1.79. The molecule has 0 aliphatic rings. The van der Waals surface area contributed by atoms with Gasteiger partial charge in [0.05, 0.1) is 6.61 Å². The third kappa shape index (κ3) is 3.20. The molecule has 0 bridgehead atoms. The van der Waals surface area contributed by atoms with Gasteiger partial charge in [-0.2, -0.15) is 5.10 Å². The molecule has 100 valence electrons. The highest BCUT2D eigenvalue weighted by atomic mass is 79.9. The molecular weight excluding hydrogens is 310 g/mol. The number of nitrogens with zero attached hydrogens (tertiary/aromatic N) is 2. The predicted molar refractivity (Wildman–Crippen MR) is 73.7 cm³/mol. The maximum atomic E-state index is 12.1. The van der Waals surface area contributed by atoms with Crippen molar-refractivity contribution in [2.75, 3.05) is 6.61 Å². The second-order valence-corrected chi connectivity index (χ2v) is 4.93. The third-order valence-corrected chi connectivity index (χ3v) is 3.07. The molecule has 1 atom stereocenters. The average Bonchev–Trinajstić information content (AvgIpc) is 2.76. The topological polar surface area (TPSA) is 67.9 Å². The van der Waals surface area contributed by atoms with E-state index in [0.29, 0.717) is 18.3 Å². The summed E-state index contributed by atoms with van der Waals surface area (Å²) in [6, 6.07) is 7.49. The third-order valence-electron chi connectivity index (χ3n) is 2.58. The predicted octanol–water partition coefficient (Wildman–Crippen LogP) is 2.57. The van der Waals surface area contributed by atoms with Crippen molar-refractivity contribution >= 4 is 21.9 Å². The van der Waals surface area contributed by atoms with Gasteiger partial charge in [0.25, 0.3) is 0 Å². The van der Waals surface area contributed by atoms with Crippen LogP contribution in [-0.4, -0.2) is 27.8 Å². The van der Waals surface area contributed by atoms with E-state index in [1.807, 2.05) is 24.3 Å². The number of H-pyrrole nitrogens is 1. The van der Waals surface area contributed by atoms with Gasteiger partial charge < -0.3 is 4.74 Å². The van der Waals surface area contributed by atoms with E-state index in [1.165, 1.54) is 0 Å². The molecule has 1 N–H and O–H groups in total. The van der Waals surface area contributed by atoms with E-state index < -0.39 is 5.92 Å². The van der Waals surface area contributed by atoms with Crippen LogP contribution in [0.5, 0.6) is 0 Å². The van der Waals surface area contributed by atoms with Gasteiger partial charge in [-0.1, -0.05) is 28.1 Å². The Labute approximate surface area is 119 Å². The maximum Gasteiger partial charge on any atom is 0.321 e. The number of aromatic amines is 1. The normalized spacial score (nSPS) is 12.2. The molecule has 1 heterocycles. The molecule has 1 aromatic carbocycles. The Kier molecular flexibility index (Phi) is 4.31. The number of ether oxygens (including phenoxy) is 1. The zero-order chi connectivity index (χ0) is 13.8. The molecule has 0 saturated heterocycles. The van der Waals surface area contributed by atoms with Crippen molar-refractivity contribution < 1.29 is 9.53 Å². The standard InChI is InChI=1S/C13H14BrN3O2/c1-3-19-13(18)11(12-15-8(2)16-17-12)9-5-4-6-10(14)7-9/h4-7,11H,3H2,1-2H3,(H,15,16,17). The van der Waals surface area contributed by atoms with Crippen LogP contribution in [-0.2, 0) is 9.53 Å². The van der Waals surface area contributed by atoms with E-state index in [1.54, 1.807) is 13.8 Å². The molecule has 1 aromatic heterocycles. The van der Waals surface area contributed by atoms with Crippen molar-refractivity contribution in [3.8, 4) is 0 Å². The summed E-state index contributed by atoms with van der Waals surface area (Å²) in [6.07, 6.45) is 0. The summed E-state index contributed by atoms with van der Waals surface area (Å²) in [5.41, 5.74) is 0.798. The van der Waals surface area contributed by atoms with Crippen LogP contribution in [0.2, 0.25) is 0 Å². The average molecular weight is 324 g/mol. The summed E-state index contributed by atoms with van der Waals surface area (Å²) in [7, 11) is 0. The van der Waals surface area contributed by atoms with Crippen LogP contribution in [0.3, 0.4) is 0 Å². The van der Waals surface area contributed by atoms with Gasteiger partial charge in [-0.25, -0.2) is 4.98 Å². The largest absolute Gasteiger partial charge is 0.465 e. The number of aryl methyl sites for hydroxylation is 1. The van der Waals surface area contributed by atoms with Crippen LogP contribution in [0.1, 0.15) is 30.1 Å². The van der Waals surface area contributed by atoms with Crippen LogP contribution < -0.4 is 0 Å². The summed E-state index contributed by atoms with van der Waals surface area (Å²) in [6.45, 7) is 3.89. The summed E-state index contributed by atoms with van der Waals surface area (Å²) >= 11 is 3.40. The highest BCUT2D eigenvalue weighted by Gasteiger charge is 2.28. The Hall–Kier alpha value is -1.69. The molecule has 2 rings (SSSR count). The quantitative estimate of drug-likeness (QED) is 0.878. The number of rotatable bonds is 4. The zero-order valence-corrected chi connectivity index (χ0v) is 12.3. The number of nitrogens with one attached hydrogen (secondary N) is 1. The first kappa shape index (κ1) is 13.7. The van der Waals surface area contributed by atoms with E-state index in [4.69, 9.17) is 4.74 Å². The van der Waals surface area contributed by atoms with Crippen LogP contribution in [0.25, 0.3) is 0 Å². The lowest BCUT2D eigenvalue weighted by Crippen LogP contribution is -2.18. The first-order valence-electron chi connectivity index (χ1n) is 5.92. The molecule has 6 heteroatoms. The molecule has 0 fully saturated rings. The van der Waals surface area contributed by atoms with Crippen LogP contribution >= 0.6 is 15.9 Å². The summed E-state index contributed by atoms with van der Waals surface area (Å²) < 4.78 is 6.01. The van der Waals surface area contributed by atoms with Crippen LogP contribution in [0.15, 0.2) is 28.7 Å². The Morgan fingerprint density at radius 1 is 1.53 bits per heavy atom. The number of esters is 1.